The summed E-state index contributed by atoms with van der Waals surface area (Å²) in [5, 5.41) is 0. The van der Waals surface area contributed by atoms with E-state index in [9.17, 15) is 0 Å². The lowest BCUT2D eigenvalue weighted by atomic mass is 9.99. The van der Waals surface area contributed by atoms with E-state index in [0.717, 1.165) is 10.4 Å². The van der Waals surface area contributed by atoms with Crippen molar-refractivity contribution < 1.29 is 0 Å². The molecule has 0 amide bonds. The highest BCUT2D eigenvalue weighted by Crippen LogP contribution is 2.15. The molecule has 0 aromatic heterocycles. The second-order valence-electron chi connectivity index (χ2n) is 3.87. The first-order valence-electron chi connectivity index (χ1n) is 5.68. The van der Waals surface area contributed by atoms with Gasteiger partial charge in [0.15, 0.2) is 0 Å². The summed E-state index contributed by atoms with van der Waals surface area (Å²) in [6.45, 7) is 4.53. The van der Waals surface area contributed by atoms with E-state index in [1.807, 2.05) is 0 Å². The Balaban J connectivity index is 2.47. The molecule has 0 saturated heterocycles. The fraction of sp³-hybridized carbons (Fsp3) is 0.429. The molecule has 0 nitrogen and oxygen atoms in total. The van der Waals surface area contributed by atoms with Crippen LogP contribution in [0.2, 0.25) is 0 Å². The third-order valence-corrected chi connectivity index (χ3v) is 3.33. The van der Waals surface area contributed by atoms with Crippen LogP contribution in [0.3, 0.4) is 0 Å². The van der Waals surface area contributed by atoms with Crippen LogP contribution in [0.15, 0.2) is 34.8 Å². The fourth-order valence-corrected chi connectivity index (χ4v) is 1.86. The maximum Gasteiger partial charge on any atom is 0.0175 e. The molecule has 1 aromatic carbocycles. The zero-order valence-corrected chi connectivity index (χ0v) is 11.1. The van der Waals surface area contributed by atoms with Gasteiger partial charge < -0.3 is 0 Å². The summed E-state index contributed by atoms with van der Waals surface area (Å²) >= 11 is 3.44. The predicted molar refractivity (Wildman–Crippen MR) is 71.9 cm³/mol. The van der Waals surface area contributed by atoms with Gasteiger partial charge in [-0.25, -0.2) is 0 Å². The summed E-state index contributed by atoms with van der Waals surface area (Å²) in [6, 6.07) is 8.43. The van der Waals surface area contributed by atoms with Crippen molar-refractivity contribution >= 4 is 22.0 Å². The molecule has 0 aliphatic carbocycles. The number of hydrogen-bond donors (Lipinski definition) is 0. The molecule has 0 atom stereocenters. The second kappa shape index (κ2) is 6.84. The zero-order valence-electron chi connectivity index (χ0n) is 9.54. The highest BCUT2D eigenvalue weighted by Gasteiger charge is 1.99. The van der Waals surface area contributed by atoms with Gasteiger partial charge in [0.2, 0.25) is 0 Å². The molecule has 0 radical (unpaired) electrons. The van der Waals surface area contributed by atoms with Crippen LogP contribution in [0, 0.1) is 5.92 Å². The van der Waals surface area contributed by atoms with E-state index in [1.54, 1.807) is 0 Å². The van der Waals surface area contributed by atoms with Crippen LogP contribution in [0.25, 0.3) is 6.08 Å². The second-order valence-corrected chi connectivity index (χ2v) is 4.79. The van der Waals surface area contributed by atoms with Gasteiger partial charge in [-0.3, -0.25) is 0 Å². The summed E-state index contributed by atoms with van der Waals surface area (Å²) in [4.78, 5) is 0. The number of halogens is 1. The lowest BCUT2D eigenvalue weighted by molar-refractivity contribution is 0.500. The van der Waals surface area contributed by atoms with Gasteiger partial charge in [0.05, 0.1) is 0 Å². The number of benzene rings is 1. The normalized spacial score (nSPS) is 11.5. The molecule has 0 N–H and O–H groups in total. The van der Waals surface area contributed by atoms with Crippen LogP contribution >= 0.6 is 15.9 Å². The van der Waals surface area contributed by atoms with Gasteiger partial charge in [-0.05, 0) is 30.0 Å². The molecule has 0 unspecified atom stereocenters. The molecule has 0 bridgehead atoms. The predicted octanol–water partition coefficient (Wildman–Crippen LogP) is 5.29. The highest BCUT2D eigenvalue weighted by atomic mass is 79.9. The Bertz CT molecular complexity index is 294. The molecular weight excluding hydrogens is 248 g/mol. The fourth-order valence-electron chi connectivity index (χ4n) is 1.59. The van der Waals surface area contributed by atoms with Gasteiger partial charge in [-0.1, -0.05) is 66.9 Å². The largest absolute Gasteiger partial charge is 0.0837 e. The summed E-state index contributed by atoms with van der Waals surface area (Å²) < 4.78 is 1.14. The Morgan fingerprint density at radius 3 is 2.27 bits per heavy atom. The van der Waals surface area contributed by atoms with Crippen LogP contribution in [0.1, 0.15) is 38.7 Å². The first-order valence-corrected chi connectivity index (χ1v) is 6.47. The van der Waals surface area contributed by atoms with Gasteiger partial charge >= 0.3 is 0 Å². The maximum absolute atomic E-state index is 3.44. The van der Waals surface area contributed by atoms with Gasteiger partial charge in [0, 0.05) is 4.47 Å². The maximum atomic E-state index is 3.44. The van der Waals surface area contributed by atoms with Crippen LogP contribution in [0.5, 0.6) is 0 Å². The molecule has 0 fully saturated rings. The summed E-state index contributed by atoms with van der Waals surface area (Å²) in [6.07, 6.45) is 8.26. The molecule has 1 rings (SSSR count). The first kappa shape index (κ1) is 12.5. The van der Waals surface area contributed by atoms with E-state index >= 15 is 0 Å². The summed E-state index contributed by atoms with van der Waals surface area (Å²) in [5.41, 5.74) is 1.28. The van der Waals surface area contributed by atoms with Crippen molar-refractivity contribution in [3.8, 4) is 0 Å². The lowest BCUT2D eigenvalue weighted by Gasteiger charge is -2.07. The van der Waals surface area contributed by atoms with E-state index in [4.69, 9.17) is 0 Å². The average molecular weight is 267 g/mol. The average Bonchev–Trinajstić information content (AvgIpc) is 2.27. The van der Waals surface area contributed by atoms with Crippen LogP contribution < -0.4 is 0 Å². The third kappa shape index (κ3) is 4.65. The molecule has 82 valence electrons. The Labute approximate surface area is 102 Å². The minimum atomic E-state index is 0.844. The van der Waals surface area contributed by atoms with Gasteiger partial charge in [0.1, 0.15) is 0 Å². The smallest absolute Gasteiger partial charge is 0.0175 e. The summed E-state index contributed by atoms with van der Waals surface area (Å²) in [7, 11) is 0. The van der Waals surface area contributed by atoms with E-state index in [2.05, 4.69) is 66.2 Å². The minimum Gasteiger partial charge on any atom is -0.0837 e. The van der Waals surface area contributed by atoms with Crippen molar-refractivity contribution in [3.63, 3.8) is 0 Å². The monoisotopic (exact) mass is 266 g/mol. The Kier molecular flexibility index (Phi) is 5.70. The Hall–Kier alpha value is -0.560. The van der Waals surface area contributed by atoms with Crippen LogP contribution in [-0.4, -0.2) is 0 Å². The van der Waals surface area contributed by atoms with E-state index < -0.39 is 0 Å². The summed E-state index contributed by atoms with van der Waals surface area (Å²) in [5.74, 6) is 0.844. The van der Waals surface area contributed by atoms with E-state index in [1.165, 1.54) is 24.8 Å². The van der Waals surface area contributed by atoms with E-state index in [0.29, 0.717) is 0 Å². The van der Waals surface area contributed by atoms with Gasteiger partial charge in [0.25, 0.3) is 0 Å². The van der Waals surface area contributed by atoms with E-state index in [-0.39, 0.29) is 0 Å². The molecule has 1 heteroatoms. The standard InChI is InChI=1S/C14H19Br/c1-3-12(4-2)6-5-7-13-8-10-14(15)11-9-13/h5,7-12H,3-4,6H2,1-2H3/b7-5+. The molecule has 0 spiro atoms. The molecule has 0 aliphatic heterocycles. The van der Waals surface area contributed by atoms with Crippen molar-refractivity contribution in [2.75, 3.05) is 0 Å². The SMILES string of the molecule is CCC(CC)C/C=C/c1ccc(Br)cc1. The van der Waals surface area contributed by atoms with Gasteiger partial charge in [-0.15, -0.1) is 0 Å². The minimum absolute atomic E-state index is 0.844. The molecule has 15 heavy (non-hydrogen) atoms. The quantitative estimate of drug-likeness (QED) is 0.680. The van der Waals surface area contributed by atoms with Crippen molar-refractivity contribution in [1.82, 2.24) is 0 Å². The number of rotatable bonds is 5. The molecule has 0 saturated carbocycles. The molecule has 0 heterocycles. The van der Waals surface area contributed by atoms with Crippen LogP contribution in [-0.2, 0) is 0 Å². The van der Waals surface area contributed by atoms with Crippen molar-refractivity contribution in [2.24, 2.45) is 5.92 Å². The zero-order chi connectivity index (χ0) is 11.1. The Morgan fingerprint density at radius 1 is 1.13 bits per heavy atom. The third-order valence-electron chi connectivity index (χ3n) is 2.80. The Morgan fingerprint density at radius 2 is 1.73 bits per heavy atom. The van der Waals surface area contributed by atoms with Crippen molar-refractivity contribution in [3.05, 3.63) is 40.4 Å². The molecule has 1 aromatic rings. The first-order chi connectivity index (χ1) is 7.26. The van der Waals surface area contributed by atoms with Crippen LogP contribution in [0.4, 0.5) is 0 Å². The van der Waals surface area contributed by atoms with Gasteiger partial charge in [-0.2, -0.15) is 0 Å². The molecule has 0 aliphatic rings. The lowest BCUT2D eigenvalue weighted by Crippen LogP contribution is -1.93. The number of allylic oxidation sites excluding steroid dienone is 1. The van der Waals surface area contributed by atoms with Crippen molar-refractivity contribution in [1.29, 1.82) is 0 Å². The highest BCUT2D eigenvalue weighted by molar-refractivity contribution is 9.10. The number of hydrogen-bond acceptors (Lipinski definition) is 0. The topological polar surface area (TPSA) is 0 Å². The molecular formula is C14H19Br. The van der Waals surface area contributed by atoms with Crippen molar-refractivity contribution in [2.45, 2.75) is 33.1 Å².